The predicted molar refractivity (Wildman–Crippen MR) is 91.3 cm³/mol. The van der Waals surface area contributed by atoms with E-state index in [1.54, 1.807) is 0 Å². The van der Waals surface area contributed by atoms with Crippen molar-refractivity contribution in [3.8, 4) is 0 Å². The van der Waals surface area contributed by atoms with Crippen LogP contribution >= 0.6 is 0 Å². The summed E-state index contributed by atoms with van der Waals surface area (Å²) in [6.45, 7) is 5.69. The number of hydrogen-bond donors (Lipinski definition) is 1. The third-order valence-electron chi connectivity index (χ3n) is 6.51. The van der Waals surface area contributed by atoms with Gasteiger partial charge in [0.1, 0.15) is 0 Å². The number of rotatable bonds is 4. The average Bonchev–Trinajstić information content (AvgIpc) is 3.12. The summed E-state index contributed by atoms with van der Waals surface area (Å²) in [6, 6.07) is 0. The Hall–Kier alpha value is -0.840. The Morgan fingerprint density at radius 1 is 1.21 bits per heavy atom. The van der Waals surface area contributed by atoms with Crippen molar-refractivity contribution in [3.05, 3.63) is 23.0 Å². The van der Waals surface area contributed by atoms with Crippen LogP contribution in [0, 0.1) is 5.41 Å². The first-order valence-corrected chi connectivity index (χ1v) is 9.56. The predicted octanol–water partition coefficient (Wildman–Crippen LogP) is 3.84. The van der Waals surface area contributed by atoms with Gasteiger partial charge in [0.05, 0.1) is 31.2 Å². The number of fused-ring (bicyclic) bond motifs is 2. The van der Waals surface area contributed by atoms with Gasteiger partial charge in [0.15, 0.2) is 5.79 Å². The van der Waals surface area contributed by atoms with E-state index in [0.29, 0.717) is 19.3 Å². The molecule has 0 bridgehead atoms. The summed E-state index contributed by atoms with van der Waals surface area (Å²) in [4.78, 5) is 0. The molecular formula is C20H30O4. The lowest BCUT2D eigenvalue weighted by molar-refractivity contribution is -0.148. The topological polar surface area (TPSA) is 47.9 Å². The monoisotopic (exact) mass is 334 g/mol. The van der Waals surface area contributed by atoms with Crippen LogP contribution in [0.5, 0.6) is 0 Å². The molecule has 4 nitrogen and oxygen atoms in total. The van der Waals surface area contributed by atoms with Crippen LogP contribution in [0.4, 0.5) is 0 Å². The van der Waals surface area contributed by atoms with Crippen molar-refractivity contribution in [2.45, 2.75) is 83.2 Å². The van der Waals surface area contributed by atoms with E-state index < -0.39 is 0 Å². The van der Waals surface area contributed by atoms with Crippen molar-refractivity contribution < 1.29 is 19.3 Å². The molecular weight excluding hydrogens is 304 g/mol. The third-order valence-corrected chi connectivity index (χ3v) is 6.51. The van der Waals surface area contributed by atoms with Crippen LogP contribution in [-0.2, 0) is 14.2 Å². The largest absolute Gasteiger partial charge is 0.494 e. The van der Waals surface area contributed by atoms with E-state index >= 15 is 0 Å². The standard InChI is InChI=1S/C20H30O4/c1-19-11-9-17-15(16(19)7-8-18(19)21)6-5-14(24-17)4-3-10-20(2)22-12-13-23-20/h7,14,18,21H,3-6,8-13H2,1-2H3. The Kier molecular flexibility index (Phi) is 4.26. The van der Waals surface area contributed by atoms with Crippen molar-refractivity contribution in [2.75, 3.05) is 13.2 Å². The molecule has 0 spiro atoms. The highest BCUT2D eigenvalue weighted by atomic mass is 16.7. The van der Waals surface area contributed by atoms with Gasteiger partial charge < -0.3 is 19.3 Å². The molecule has 2 aliphatic carbocycles. The van der Waals surface area contributed by atoms with Crippen molar-refractivity contribution in [1.82, 2.24) is 0 Å². The van der Waals surface area contributed by atoms with Crippen molar-refractivity contribution in [3.63, 3.8) is 0 Å². The van der Waals surface area contributed by atoms with E-state index in [1.807, 2.05) is 6.92 Å². The van der Waals surface area contributed by atoms with Crippen LogP contribution in [-0.4, -0.2) is 36.3 Å². The quantitative estimate of drug-likeness (QED) is 0.848. The highest BCUT2D eigenvalue weighted by Gasteiger charge is 2.46. The molecule has 2 aliphatic heterocycles. The fourth-order valence-electron chi connectivity index (χ4n) is 4.87. The molecule has 0 radical (unpaired) electrons. The minimum absolute atomic E-state index is 0.0409. The molecule has 3 atom stereocenters. The van der Waals surface area contributed by atoms with Crippen LogP contribution in [0.25, 0.3) is 0 Å². The molecule has 24 heavy (non-hydrogen) atoms. The summed E-state index contributed by atoms with van der Waals surface area (Å²) in [7, 11) is 0. The molecule has 1 saturated heterocycles. The van der Waals surface area contributed by atoms with Gasteiger partial charge in [-0.05, 0) is 56.6 Å². The maximum absolute atomic E-state index is 10.3. The van der Waals surface area contributed by atoms with Gasteiger partial charge in [-0.15, -0.1) is 0 Å². The van der Waals surface area contributed by atoms with Crippen LogP contribution in [0.3, 0.4) is 0 Å². The van der Waals surface area contributed by atoms with E-state index in [2.05, 4.69) is 13.0 Å². The lowest BCUT2D eigenvalue weighted by Crippen LogP contribution is -2.35. The maximum atomic E-state index is 10.3. The number of ether oxygens (including phenoxy) is 3. The van der Waals surface area contributed by atoms with Crippen molar-refractivity contribution in [1.29, 1.82) is 0 Å². The summed E-state index contributed by atoms with van der Waals surface area (Å²) in [5, 5.41) is 10.3. The smallest absolute Gasteiger partial charge is 0.165 e. The molecule has 0 saturated carbocycles. The second-order valence-electron chi connectivity index (χ2n) is 8.19. The second-order valence-corrected chi connectivity index (χ2v) is 8.19. The number of aliphatic hydroxyl groups excluding tert-OH is 1. The molecule has 0 aromatic rings. The zero-order chi connectivity index (χ0) is 16.8. The summed E-state index contributed by atoms with van der Waals surface area (Å²) in [5.41, 5.74) is 2.72. The van der Waals surface area contributed by atoms with Gasteiger partial charge in [-0.25, -0.2) is 0 Å². The molecule has 1 fully saturated rings. The lowest BCUT2D eigenvalue weighted by atomic mass is 9.69. The summed E-state index contributed by atoms with van der Waals surface area (Å²) >= 11 is 0. The van der Waals surface area contributed by atoms with Gasteiger partial charge in [0.2, 0.25) is 0 Å². The Morgan fingerprint density at radius 2 is 2.00 bits per heavy atom. The minimum atomic E-state index is -0.378. The summed E-state index contributed by atoms with van der Waals surface area (Å²) in [6.07, 6.45) is 10.4. The highest BCUT2D eigenvalue weighted by Crippen LogP contribution is 2.53. The average molecular weight is 334 g/mol. The Labute approximate surface area is 144 Å². The lowest BCUT2D eigenvalue weighted by Gasteiger charge is -2.41. The molecule has 1 N–H and O–H groups in total. The van der Waals surface area contributed by atoms with Gasteiger partial charge in [-0.1, -0.05) is 13.0 Å². The first-order chi connectivity index (χ1) is 11.5. The van der Waals surface area contributed by atoms with Gasteiger partial charge in [0.25, 0.3) is 0 Å². The first kappa shape index (κ1) is 16.6. The van der Waals surface area contributed by atoms with Gasteiger partial charge in [-0.3, -0.25) is 0 Å². The second kappa shape index (κ2) is 6.15. The Balaban J connectivity index is 1.35. The molecule has 4 aliphatic rings. The molecule has 4 rings (SSSR count). The summed E-state index contributed by atoms with van der Waals surface area (Å²) in [5.74, 6) is 0.819. The van der Waals surface area contributed by atoms with Crippen LogP contribution < -0.4 is 0 Å². The molecule has 3 unspecified atom stereocenters. The van der Waals surface area contributed by atoms with Crippen LogP contribution in [0.2, 0.25) is 0 Å². The Bertz CT molecular complexity index is 558. The van der Waals surface area contributed by atoms with Crippen LogP contribution in [0.1, 0.15) is 65.2 Å². The number of aliphatic hydroxyl groups is 1. The zero-order valence-electron chi connectivity index (χ0n) is 15.0. The van der Waals surface area contributed by atoms with E-state index in [9.17, 15) is 5.11 Å². The van der Waals surface area contributed by atoms with Gasteiger partial charge in [-0.2, -0.15) is 0 Å². The van der Waals surface area contributed by atoms with Crippen molar-refractivity contribution in [2.24, 2.45) is 5.41 Å². The molecule has 4 heteroatoms. The van der Waals surface area contributed by atoms with Crippen LogP contribution in [0.15, 0.2) is 23.0 Å². The zero-order valence-corrected chi connectivity index (χ0v) is 15.0. The van der Waals surface area contributed by atoms with E-state index in [1.165, 1.54) is 16.9 Å². The normalized spacial score (nSPS) is 37.7. The molecule has 0 amide bonds. The number of hydrogen-bond acceptors (Lipinski definition) is 4. The van der Waals surface area contributed by atoms with Gasteiger partial charge >= 0.3 is 0 Å². The SMILES string of the molecule is CC1(CCCC2CCC3=C(CCC4(C)C3=CCC4O)O2)OCCO1. The summed E-state index contributed by atoms with van der Waals surface area (Å²) < 4.78 is 17.7. The van der Waals surface area contributed by atoms with Gasteiger partial charge in [0, 0.05) is 18.3 Å². The fourth-order valence-corrected chi connectivity index (χ4v) is 4.87. The molecule has 0 aromatic carbocycles. The highest BCUT2D eigenvalue weighted by molar-refractivity contribution is 5.45. The minimum Gasteiger partial charge on any atom is -0.494 e. The third kappa shape index (κ3) is 2.83. The van der Waals surface area contributed by atoms with E-state index in [0.717, 1.165) is 51.4 Å². The maximum Gasteiger partial charge on any atom is 0.165 e. The van der Waals surface area contributed by atoms with E-state index in [-0.39, 0.29) is 17.3 Å². The van der Waals surface area contributed by atoms with E-state index in [4.69, 9.17) is 14.2 Å². The molecule has 0 aromatic heterocycles. The Morgan fingerprint density at radius 3 is 2.79 bits per heavy atom. The first-order valence-electron chi connectivity index (χ1n) is 9.56. The van der Waals surface area contributed by atoms with Crippen molar-refractivity contribution >= 4 is 0 Å². The molecule has 2 heterocycles. The molecule has 134 valence electrons. The fraction of sp³-hybridized carbons (Fsp3) is 0.800. The number of allylic oxidation sites excluding steroid dienone is 2.